The maximum absolute atomic E-state index is 12.0. The Hall–Kier alpha value is -0.630. The number of rotatable bonds is 4. The number of carbonyl (C=O) groups is 1. The molecule has 0 aliphatic carbocycles. The van der Waals surface area contributed by atoms with Gasteiger partial charge in [0.15, 0.2) is 0 Å². The van der Waals surface area contributed by atoms with Crippen LogP contribution >= 0.6 is 22.0 Å². The maximum atomic E-state index is 12.0. The summed E-state index contributed by atoms with van der Waals surface area (Å²) < 4.78 is 27.9. The van der Waals surface area contributed by atoms with E-state index < -0.39 is 9.05 Å². The number of carbonyl (C=O) groups excluding carboxylic acids is 1. The topological polar surface area (TPSA) is 72.5 Å². The lowest BCUT2D eigenvalue weighted by atomic mass is 10.0. The van der Waals surface area contributed by atoms with Gasteiger partial charge in [-0.1, -0.05) is 0 Å². The highest BCUT2D eigenvalue weighted by Gasteiger charge is 2.21. The molecule has 112 valence electrons. The molecule has 20 heavy (non-hydrogen) atoms. The van der Waals surface area contributed by atoms with E-state index in [9.17, 15) is 13.2 Å². The number of halogens is 1. The molecule has 8 heteroatoms. The van der Waals surface area contributed by atoms with Gasteiger partial charge in [-0.3, -0.25) is 4.79 Å². The molecule has 1 fully saturated rings. The second kappa shape index (κ2) is 6.43. The zero-order valence-electron chi connectivity index (χ0n) is 11.0. The summed E-state index contributed by atoms with van der Waals surface area (Å²) >= 11 is 1.14. The highest BCUT2D eigenvalue weighted by atomic mass is 35.7. The first-order valence-corrected chi connectivity index (χ1v) is 9.41. The van der Waals surface area contributed by atoms with Gasteiger partial charge in [0.25, 0.3) is 15.0 Å². The third-order valence-corrected chi connectivity index (χ3v) is 5.88. The van der Waals surface area contributed by atoms with Crippen LogP contribution in [0.15, 0.2) is 11.0 Å². The van der Waals surface area contributed by atoms with Gasteiger partial charge >= 0.3 is 0 Å². The van der Waals surface area contributed by atoms with Gasteiger partial charge in [-0.05, 0) is 31.7 Å². The van der Waals surface area contributed by atoms with E-state index in [0.29, 0.717) is 22.2 Å². The lowest BCUT2D eigenvalue weighted by Gasteiger charge is -2.21. The van der Waals surface area contributed by atoms with Crippen LogP contribution in [-0.4, -0.2) is 34.1 Å². The van der Waals surface area contributed by atoms with Crippen LogP contribution in [0.25, 0.3) is 0 Å². The van der Waals surface area contributed by atoms with E-state index >= 15 is 0 Å². The number of thiophene rings is 1. The van der Waals surface area contributed by atoms with Crippen LogP contribution in [0.2, 0.25) is 0 Å². The Morgan fingerprint density at radius 2 is 2.15 bits per heavy atom. The van der Waals surface area contributed by atoms with Gasteiger partial charge in [-0.25, -0.2) is 8.42 Å². The largest absolute Gasteiger partial charge is 0.381 e. The van der Waals surface area contributed by atoms with Crippen LogP contribution in [0.5, 0.6) is 0 Å². The quantitative estimate of drug-likeness (QED) is 0.854. The van der Waals surface area contributed by atoms with Crippen molar-refractivity contribution >= 4 is 37.0 Å². The van der Waals surface area contributed by atoms with Crippen molar-refractivity contribution < 1.29 is 17.9 Å². The second-order valence-electron chi connectivity index (χ2n) is 4.73. The summed E-state index contributed by atoms with van der Waals surface area (Å²) in [5.41, 5.74) is 0. The first kappa shape index (κ1) is 15.8. The van der Waals surface area contributed by atoms with E-state index in [4.69, 9.17) is 15.4 Å². The fourth-order valence-electron chi connectivity index (χ4n) is 2.09. The lowest BCUT2D eigenvalue weighted by Crippen LogP contribution is -2.31. The van der Waals surface area contributed by atoms with Gasteiger partial charge in [0, 0.05) is 35.3 Å². The standard InChI is InChI=1S/C12H16ClNO4S2/c1-8-11(20(13,16)17)6-10(19-8)12(15)14-7-9-2-4-18-5-3-9/h6,9H,2-5,7H2,1H3,(H,14,15). The van der Waals surface area contributed by atoms with Crippen molar-refractivity contribution in [2.75, 3.05) is 19.8 Å². The van der Waals surface area contributed by atoms with Crippen molar-refractivity contribution in [3.8, 4) is 0 Å². The molecule has 0 saturated carbocycles. The van der Waals surface area contributed by atoms with Crippen LogP contribution in [0.3, 0.4) is 0 Å². The van der Waals surface area contributed by atoms with Crippen molar-refractivity contribution in [3.63, 3.8) is 0 Å². The van der Waals surface area contributed by atoms with Gasteiger partial charge in [0.2, 0.25) is 0 Å². The van der Waals surface area contributed by atoms with Gasteiger partial charge < -0.3 is 10.1 Å². The molecular weight excluding hydrogens is 322 g/mol. The summed E-state index contributed by atoms with van der Waals surface area (Å²) in [6, 6.07) is 1.33. The minimum absolute atomic E-state index is 0.0142. The lowest BCUT2D eigenvalue weighted by molar-refractivity contribution is 0.0643. The number of hydrogen-bond donors (Lipinski definition) is 1. The predicted molar refractivity (Wildman–Crippen MR) is 78.0 cm³/mol. The van der Waals surface area contributed by atoms with Crippen LogP contribution in [0, 0.1) is 12.8 Å². The Bertz CT molecular complexity index is 591. The molecular formula is C12H16ClNO4S2. The van der Waals surface area contributed by atoms with Crippen LogP contribution in [-0.2, 0) is 13.8 Å². The van der Waals surface area contributed by atoms with E-state index in [1.807, 2.05) is 0 Å². The molecule has 1 aromatic heterocycles. The molecule has 0 unspecified atom stereocenters. The number of amides is 1. The normalized spacial score (nSPS) is 17.1. The second-order valence-corrected chi connectivity index (χ2v) is 8.53. The summed E-state index contributed by atoms with van der Waals surface area (Å²) in [4.78, 5) is 12.9. The number of aryl methyl sites for hydroxylation is 1. The summed E-state index contributed by atoms with van der Waals surface area (Å²) in [5, 5.41) is 2.84. The molecule has 1 aliphatic heterocycles. The van der Waals surface area contributed by atoms with Gasteiger partial charge in [-0.15, -0.1) is 11.3 Å². The van der Waals surface area contributed by atoms with E-state index in [1.54, 1.807) is 6.92 Å². The summed E-state index contributed by atoms with van der Waals surface area (Å²) in [6.07, 6.45) is 1.87. The van der Waals surface area contributed by atoms with Gasteiger partial charge in [0.05, 0.1) is 9.77 Å². The molecule has 1 amide bonds. The van der Waals surface area contributed by atoms with E-state index in [1.165, 1.54) is 6.07 Å². The molecule has 0 spiro atoms. The van der Waals surface area contributed by atoms with Crippen molar-refractivity contribution in [1.29, 1.82) is 0 Å². The molecule has 1 aromatic rings. The third-order valence-electron chi connectivity index (χ3n) is 3.25. The van der Waals surface area contributed by atoms with E-state index in [0.717, 1.165) is 37.4 Å². The summed E-state index contributed by atoms with van der Waals surface area (Å²) in [6.45, 7) is 3.68. The molecule has 0 bridgehead atoms. The molecule has 0 atom stereocenters. The molecule has 5 nitrogen and oxygen atoms in total. The zero-order valence-corrected chi connectivity index (χ0v) is 13.4. The van der Waals surface area contributed by atoms with Crippen molar-refractivity contribution in [3.05, 3.63) is 15.8 Å². The molecule has 1 aliphatic rings. The van der Waals surface area contributed by atoms with E-state index in [-0.39, 0.29) is 10.8 Å². The molecule has 2 heterocycles. The Morgan fingerprint density at radius 3 is 2.70 bits per heavy atom. The van der Waals surface area contributed by atoms with Crippen LogP contribution in [0.4, 0.5) is 0 Å². The molecule has 0 radical (unpaired) electrons. The Labute approximate surface area is 126 Å². The van der Waals surface area contributed by atoms with Crippen molar-refractivity contribution in [2.24, 2.45) is 5.92 Å². The van der Waals surface area contributed by atoms with Gasteiger partial charge in [-0.2, -0.15) is 0 Å². The minimum Gasteiger partial charge on any atom is -0.381 e. The average Bonchev–Trinajstić information content (AvgIpc) is 2.79. The number of ether oxygens (including phenoxy) is 1. The van der Waals surface area contributed by atoms with Crippen molar-refractivity contribution in [1.82, 2.24) is 5.32 Å². The number of nitrogens with one attached hydrogen (secondary N) is 1. The average molecular weight is 338 g/mol. The van der Waals surface area contributed by atoms with E-state index in [2.05, 4.69) is 5.32 Å². The maximum Gasteiger partial charge on any atom is 0.262 e. The smallest absolute Gasteiger partial charge is 0.262 e. The SMILES string of the molecule is Cc1sc(C(=O)NCC2CCOCC2)cc1S(=O)(=O)Cl. The first-order valence-electron chi connectivity index (χ1n) is 6.29. The van der Waals surface area contributed by atoms with Gasteiger partial charge in [0.1, 0.15) is 0 Å². The van der Waals surface area contributed by atoms with Crippen molar-refractivity contribution in [2.45, 2.75) is 24.7 Å². The highest BCUT2D eigenvalue weighted by Crippen LogP contribution is 2.28. The molecule has 1 N–H and O–H groups in total. The first-order chi connectivity index (χ1) is 9.38. The molecule has 2 rings (SSSR count). The minimum atomic E-state index is -3.80. The monoisotopic (exact) mass is 337 g/mol. The fourth-order valence-corrected chi connectivity index (χ4v) is 4.67. The Morgan fingerprint density at radius 1 is 1.50 bits per heavy atom. The fraction of sp³-hybridized carbons (Fsp3) is 0.583. The summed E-state index contributed by atoms with van der Waals surface area (Å²) in [5.74, 6) is 0.168. The molecule has 1 saturated heterocycles. The highest BCUT2D eigenvalue weighted by molar-refractivity contribution is 8.13. The predicted octanol–water partition coefficient (Wildman–Crippen LogP) is 2.14. The Balaban J connectivity index is 1.99. The van der Waals surface area contributed by atoms with Crippen LogP contribution < -0.4 is 5.32 Å². The summed E-state index contributed by atoms with van der Waals surface area (Å²) in [7, 11) is 1.52. The zero-order chi connectivity index (χ0) is 14.8. The third kappa shape index (κ3) is 3.94. The molecule has 0 aromatic carbocycles. The number of hydrogen-bond acceptors (Lipinski definition) is 5. The van der Waals surface area contributed by atoms with Crippen LogP contribution in [0.1, 0.15) is 27.4 Å². The Kier molecular flexibility index (Phi) is 5.06.